The van der Waals surface area contributed by atoms with Crippen LogP contribution in [-0.4, -0.2) is 30.7 Å². The van der Waals surface area contributed by atoms with Gasteiger partial charge >= 0.3 is 0 Å². The first-order chi connectivity index (χ1) is 17.4. The van der Waals surface area contributed by atoms with Gasteiger partial charge in [0.2, 0.25) is 5.91 Å². The zero-order valence-electron chi connectivity index (χ0n) is 21.5. The highest BCUT2D eigenvalue weighted by Gasteiger charge is 2.44. The molecule has 2 amide bonds. The Bertz CT molecular complexity index is 1010. The number of hydrogen-bond acceptors (Lipinski definition) is 4. The molecule has 0 aromatic heterocycles. The van der Waals surface area contributed by atoms with Gasteiger partial charge in [-0.15, -0.1) is 0 Å². The summed E-state index contributed by atoms with van der Waals surface area (Å²) in [4.78, 5) is 35.4. The third-order valence-corrected chi connectivity index (χ3v) is 6.55. The molecule has 1 heterocycles. The van der Waals surface area contributed by atoms with Crippen LogP contribution in [0, 0.1) is 0 Å². The van der Waals surface area contributed by atoms with Crippen molar-refractivity contribution in [3.8, 4) is 0 Å². The number of nitrogens with one attached hydrogen (secondary N) is 2. The first-order valence-corrected chi connectivity index (χ1v) is 13.0. The predicted molar refractivity (Wildman–Crippen MR) is 141 cm³/mol. The van der Waals surface area contributed by atoms with Gasteiger partial charge in [-0.05, 0) is 26.7 Å². The van der Waals surface area contributed by atoms with Crippen LogP contribution in [-0.2, 0) is 24.7 Å². The topological polar surface area (TPSA) is 84.5 Å². The van der Waals surface area contributed by atoms with E-state index in [-0.39, 0.29) is 24.0 Å². The van der Waals surface area contributed by atoms with Crippen LogP contribution in [0.1, 0.15) is 76.3 Å². The number of ether oxygens (including phenoxy) is 1. The van der Waals surface area contributed by atoms with Crippen molar-refractivity contribution in [1.29, 1.82) is 0 Å². The molecular formula is C30H38N2O4. The average Bonchev–Trinajstić information content (AvgIpc) is 3.24. The van der Waals surface area contributed by atoms with Gasteiger partial charge in [0.25, 0.3) is 5.91 Å². The summed E-state index contributed by atoms with van der Waals surface area (Å²) in [5.74, 6) is 0.317. The van der Waals surface area contributed by atoms with E-state index in [1.54, 1.807) is 0 Å². The van der Waals surface area contributed by atoms with Gasteiger partial charge in [0.1, 0.15) is 11.5 Å². The molecule has 6 nitrogen and oxygen atoms in total. The van der Waals surface area contributed by atoms with Gasteiger partial charge in [-0.25, -0.2) is 0 Å². The Morgan fingerprint density at radius 2 is 1.28 bits per heavy atom. The van der Waals surface area contributed by atoms with E-state index in [4.69, 9.17) is 4.74 Å². The van der Waals surface area contributed by atoms with Gasteiger partial charge in [-0.2, -0.15) is 0 Å². The second-order valence-corrected chi connectivity index (χ2v) is 9.48. The number of Topliss-reactive ketones (excluding diaryl/α,β-unsaturated/α-hetero) is 1. The lowest BCUT2D eigenvalue weighted by molar-refractivity contribution is -0.127. The summed E-state index contributed by atoms with van der Waals surface area (Å²) in [7, 11) is 0. The number of carbonyl (C=O) groups is 3. The molecule has 192 valence electrons. The summed E-state index contributed by atoms with van der Waals surface area (Å²) in [5, 5.41) is 5.86. The fourth-order valence-corrected chi connectivity index (χ4v) is 4.66. The van der Waals surface area contributed by atoms with Crippen molar-refractivity contribution in [3.05, 3.63) is 83.1 Å². The van der Waals surface area contributed by atoms with E-state index >= 15 is 0 Å². The van der Waals surface area contributed by atoms with Gasteiger partial charge < -0.3 is 15.4 Å². The van der Waals surface area contributed by atoms with Gasteiger partial charge in [0.15, 0.2) is 5.60 Å². The Labute approximate surface area is 214 Å². The summed E-state index contributed by atoms with van der Waals surface area (Å²) in [6.07, 6.45) is 6.57. The van der Waals surface area contributed by atoms with E-state index < -0.39 is 5.60 Å². The highest BCUT2D eigenvalue weighted by Crippen LogP contribution is 2.46. The van der Waals surface area contributed by atoms with E-state index in [2.05, 4.69) is 34.9 Å². The predicted octanol–water partition coefficient (Wildman–Crippen LogP) is 5.18. The number of benzene rings is 2. The number of carbonyl (C=O) groups excluding carboxylic acids is 3. The molecule has 36 heavy (non-hydrogen) atoms. The molecule has 2 N–H and O–H groups in total. The van der Waals surface area contributed by atoms with Crippen LogP contribution >= 0.6 is 0 Å². The molecule has 0 fully saturated rings. The zero-order valence-corrected chi connectivity index (χ0v) is 21.5. The summed E-state index contributed by atoms with van der Waals surface area (Å²) >= 11 is 0. The fourth-order valence-electron chi connectivity index (χ4n) is 4.66. The third-order valence-electron chi connectivity index (χ3n) is 6.55. The summed E-state index contributed by atoms with van der Waals surface area (Å²) in [6.45, 7) is 4.56. The van der Waals surface area contributed by atoms with Crippen molar-refractivity contribution in [1.82, 2.24) is 10.6 Å². The van der Waals surface area contributed by atoms with Crippen molar-refractivity contribution in [3.63, 3.8) is 0 Å². The molecule has 6 heteroatoms. The van der Waals surface area contributed by atoms with Gasteiger partial charge in [0, 0.05) is 30.6 Å². The Hall–Kier alpha value is -3.41. The number of ketones is 1. The lowest BCUT2D eigenvalue weighted by atomic mass is 9.82. The van der Waals surface area contributed by atoms with Crippen LogP contribution in [0.25, 0.3) is 0 Å². The van der Waals surface area contributed by atoms with Crippen molar-refractivity contribution in [2.75, 3.05) is 13.1 Å². The van der Waals surface area contributed by atoms with Gasteiger partial charge in [-0.1, -0.05) is 86.3 Å². The largest absolute Gasteiger partial charge is 0.482 e. The molecule has 0 bridgehead atoms. The number of allylic oxidation sites excluding steroid dienone is 1. The van der Waals surface area contributed by atoms with Crippen molar-refractivity contribution in [2.45, 2.75) is 70.8 Å². The number of rotatable bonds is 14. The summed E-state index contributed by atoms with van der Waals surface area (Å²) in [6, 6.07) is 20.2. The third kappa shape index (κ3) is 7.54. The van der Waals surface area contributed by atoms with Gasteiger partial charge in [0.05, 0.1) is 12.0 Å². The SMILES string of the molecule is CC(=O)CC(=O)NCCCCCCCCNC(=O)C1=C(C)OC(c2ccccc2)(c2ccccc2)C1. The minimum atomic E-state index is -0.690. The summed E-state index contributed by atoms with van der Waals surface area (Å²) < 4.78 is 6.46. The first kappa shape index (κ1) is 27.2. The Morgan fingerprint density at radius 1 is 0.778 bits per heavy atom. The molecule has 2 aromatic rings. The van der Waals surface area contributed by atoms with E-state index in [1.165, 1.54) is 6.92 Å². The number of hydrogen-bond donors (Lipinski definition) is 2. The maximum atomic E-state index is 13.0. The Morgan fingerprint density at radius 3 is 1.81 bits per heavy atom. The number of unbranched alkanes of at least 4 members (excludes halogenated alkanes) is 5. The van der Waals surface area contributed by atoms with Crippen molar-refractivity contribution >= 4 is 17.6 Å². The van der Waals surface area contributed by atoms with E-state index in [0.717, 1.165) is 49.7 Å². The minimum Gasteiger partial charge on any atom is -0.482 e. The van der Waals surface area contributed by atoms with Crippen LogP contribution in [0.5, 0.6) is 0 Å². The second kappa shape index (κ2) is 13.6. The molecule has 2 aromatic carbocycles. The molecular weight excluding hydrogens is 452 g/mol. The molecule has 0 atom stereocenters. The minimum absolute atomic E-state index is 0.0340. The molecule has 0 aliphatic carbocycles. The quantitative estimate of drug-likeness (QED) is 0.282. The van der Waals surface area contributed by atoms with Crippen LogP contribution in [0.15, 0.2) is 72.0 Å². The van der Waals surface area contributed by atoms with Crippen LogP contribution in [0.4, 0.5) is 0 Å². The highest BCUT2D eigenvalue weighted by molar-refractivity contribution is 5.96. The lowest BCUT2D eigenvalue weighted by Gasteiger charge is -2.31. The van der Waals surface area contributed by atoms with E-state index in [9.17, 15) is 14.4 Å². The molecule has 1 aliphatic heterocycles. The molecule has 0 spiro atoms. The second-order valence-electron chi connectivity index (χ2n) is 9.48. The van der Waals surface area contributed by atoms with Crippen LogP contribution in [0.2, 0.25) is 0 Å². The standard InChI is InChI=1S/C30H38N2O4/c1-23(33)21-28(34)31-19-13-5-3-4-6-14-20-32-29(35)27-22-30(36-24(27)2,25-15-9-7-10-16-25)26-17-11-8-12-18-26/h7-12,15-18H,3-6,13-14,19-22H2,1-2H3,(H,31,34)(H,32,35). The van der Waals surface area contributed by atoms with Crippen LogP contribution < -0.4 is 10.6 Å². The Balaban J connectivity index is 1.40. The average molecular weight is 491 g/mol. The maximum absolute atomic E-state index is 13.0. The molecule has 0 unspecified atom stereocenters. The van der Waals surface area contributed by atoms with Gasteiger partial charge in [-0.3, -0.25) is 14.4 Å². The van der Waals surface area contributed by atoms with E-state index in [1.807, 2.05) is 43.3 Å². The lowest BCUT2D eigenvalue weighted by Crippen LogP contribution is -2.30. The monoisotopic (exact) mass is 490 g/mol. The van der Waals surface area contributed by atoms with Crippen molar-refractivity contribution < 1.29 is 19.1 Å². The maximum Gasteiger partial charge on any atom is 0.250 e. The van der Waals surface area contributed by atoms with Crippen LogP contribution in [0.3, 0.4) is 0 Å². The highest BCUT2D eigenvalue weighted by atomic mass is 16.5. The molecule has 0 saturated heterocycles. The van der Waals surface area contributed by atoms with Crippen molar-refractivity contribution in [2.24, 2.45) is 0 Å². The normalized spacial score (nSPS) is 14.3. The first-order valence-electron chi connectivity index (χ1n) is 13.0. The molecule has 0 radical (unpaired) electrons. The number of amides is 2. The smallest absolute Gasteiger partial charge is 0.250 e. The summed E-state index contributed by atoms with van der Waals surface area (Å²) in [5.41, 5.74) is 2.09. The molecule has 0 saturated carbocycles. The fraction of sp³-hybridized carbons (Fsp3) is 0.433. The molecule has 1 aliphatic rings. The Kier molecular flexibility index (Phi) is 10.3. The molecule has 3 rings (SSSR count). The zero-order chi connectivity index (χ0) is 25.8. The van der Waals surface area contributed by atoms with E-state index in [0.29, 0.717) is 30.8 Å².